The third-order valence-electron chi connectivity index (χ3n) is 0.197. The first-order chi connectivity index (χ1) is 3.42. The van der Waals surface area contributed by atoms with Gasteiger partial charge in [0.2, 0.25) is 0 Å². The van der Waals surface area contributed by atoms with Crippen molar-refractivity contribution in [3.05, 3.63) is 0 Å². The van der Waals surface area contributed by atoms with E-state index in [0.29, 0.717) is 0 Å². The maximum absolute atomic E-state index is 9.58. The third kappa shape index (κ3) is 38.4. The minimum absolute atomic E-state index is 0. The molecular weight excluding hydrogens is 285 g/mol. The van der Waals surface area contributed by atoms with E-state index >= 15 is 0 Å². The van der Waals surface area contributed by atoms with Crippen molar-refractivity contribution in [3.63, 3.8) is 0 Å². The van der Waals surface area contributed by atoms with Gasteiger partial charge in [0, 0.05) is 0 Å². The predicted octanol–water partition coefficient (Wildman–Crippen LogP) is -2.58. The van der Waals surface area contributed by atoms with E-state index in [4.69, 9.17) is 14.7 Å². The van der Waals surface area contributed by atoms with Crippen LogP contribution in [0.15, 0.2) is 0 Å². The monoisotopic (exact) mass is 295 g/mol. The third-order valence-corrected chi connectivity index (χ3v) is 1.77. The Morgan fingerprint density at radius 2 is 1.38 bits per heavy atom. The molecule has 0 aromatic heterocycles. The summed E-state index contributed by atoms with van der Waals surface area (Å²) in [6.07, 6.45) is 0. The summed E-state index contributed by atoms with van der Waals surface area (Å²) in [5.74, 6) is 0. The van der Waals surface area contributed by atoms with Crippen molar-refractivity contribution < 1.29 is 29.5 Å². The first-order valence-corrected chi connectivity index (χ1v) is 4.19. The zero-order chi connectivity index (χ0) is 6.78. The van der Waals surface area contributed by atoms with E-state index in [1.165, 1.54) is 0 Å². The van der Waals surface area contributed by atoms with Gasteiger partial charge < -0.3 is 14.7 Å². The van der Waals surface area contributed by atoms with Crippen molar-refractivity contribution in [1.29, 1.82) is 0 Å². The van der Waals surface area contributed by atoms with Gasteiger partial charge in [-0.1, -0.05) is 0 Å². The summed E-state index contributed by atoms with van der Waals surface area (Å²) in [6.45, 7) is 0. The van der Waals surface area contributed by atoms with E-state index in [1.807, 2.05) is 0 Å². The Hall–Kier alpha value is 4.59. The number of rotatable bonds is 2. The van der Waals surface area contributed by atoms with Crippen LogP contribution in [-0.4, -0.2) is 133 Å². The summed E-state index contributed by atoms with van der Waals surface area (Å²) in [7, 11) is -8.24. The van der Waals surface area contributed by atoms with Crippen molar-refractivity contribution in [1.82, 2.24) is 0 Å². The normalized spacial score (nSPS) is 9.77. The molecular formula is H10ClNa4O6P2+. The number of halogens is 1. The standard InChI is InChI=1S/ClH.4Na.H4O6P2.4H/c;;;;;1-7(2)6-8(3,4)5;;;;/h1H;;;;;7H,(H,1,2)(H2,3,4,5);;;;/p+1. The van der Waals surface area contributed by atoms with Gasteiger partial charge in [0.05, 0.1) is 0 Å². The fraction of sp³-hybridized carbons (Fsp3) is 0. The Morgan fingerprint density at radius 1 is 1.15 bits per heavy atom. The van der Waals surface area contributed by atoms with E-state index in [0.717, 1.165) is 0 Å². The Kier molecular flexibility index (Phi) is 52.5. The van der Waals surface area contributed by atoms with Crippen LogP contribution in [0.4, 0.5) is 0 Å². The fourth-order valence-corrected chi connectivity index (χ4v) is 0.916. The van der Waals surface area contributed by atoms with E-state index in [2.05, 4.69) is 4.31 Å². The van der Waals surface area contributed by atoms with Crippen LogP contribution in [0, 0.1) is 0 Å². The van der Waals surface area contributed by atoms with Crippen LogP contribution in [0.25, 0.3) is 0 Å². The summed E-state index contributed by atoms with van der Waals surface area (Å²) in [5, 5.41) is 0. The van der Waals surface area contributed by atoms with Crippen molar-refractivity contribution in [2.24, 2.45) is 0 Å². The summed E-state index contributed by atoms with van der Waals surface area (Å²) < 4.78 is 22.3. The molecule has 0 aliphatic heterocycles. The van der Waals surface area contributed by atoms with Crippen molar-refractivity contribution in [3.8, 4) is 0 Å². The van der Waals surface area contributed by atoms with Crippen molar-refractivity contribution in [2.75, 3.05) is 0 Å². The molecule has 0 amide bonds. The molecule has 0 aliphatic carbocycles. The molecule has 0 saturated heterocycles. The molecule has 1 atom stereocenters. The van der Waals surface area contributed by atoms with Gasteiger partial charge in [-0.3, -0.25) is 4.57 Å². The predicted molar refractivity (Wildman–Crippen MR) is 61.3 cm³/mol. The first-order valence-electron chi connectivity index (χ1n) is 1.40. The van der Waals surface area contributed by atoms with Gasteiger partial charge in [-0.25, -0.2) is 8.88 Å². The summed E-state index contributed by atoms with van der Waals surface area (Å²) >= 11 is 0. The van der Waals surface area contributed by atoms with E-state index < -0.39 is 16.1 Å². The molecule has 13 heavy (non-hydrogen) atoms. The van der Waals surface area contributed by atoms with Gasteiger partial charge in [-0.15, -0.1) is 12.4 Å². The second-order valence-corrected chi connectivity index (χ2v) is 3.09. The molecule has 0 heterocycles. The molecule has 6 nitrogen and oxygen atoms in total. The second kappa shape index (κ2) is 18.9. The molecule has 0 aromatic rings. The van der Waals surface area contributed by atoms with Crippen LogP contribution in [0.5, 0.6) is 0 Å². The first kappa shape index (κ1) is 36.0. The Morgan fingerprint density at radius 3 is 1.38 bits per heavy atom. The molecule has 0 aromatic carbocycles. The molecule has 0 fully saturated rings. The van der Waals surface area contributed by atoms with Crippen LogP contribution in [0.1, 0.15) is 1.43 Å². The maximum atomic E-state index is 9.58. The summed E-state index contributed by atoms with van der Waals surface area (Å²) in [6, 6.07) is 0. The molecule has 3 N–H and O–H groups in total. The van der Waals surface area contributed by atoms with Gasteiger partial charge in [0.1, 0.15) is 0 Å². The average Bonchev–Trinajstić information content (AvgIpc) is 1.21. The van der Waals surface area contributed by atoms with Gasteiger partial charge in [0.25, 0.3) is 0 Å². The minimum atomic E-state index is -4.74. The van der Waals surface area contributed by atoms with Gasteiger partial charge >= 0.3 is 136 Å². The molecule has 0 saturated carbocycles. The topological polar surface area (TPSA) is 104 Å². The molecule has 66 valence electrons. The zero-order valence-corrected chi connectivity index (χ0v) is 6.63. The molecule has 0 radical (unpaired) electrons. The number of hydrogen-bond acceptors (Lipinski definition) is 3. The van der Waals surface area contributed by atoms with Crippen LogP contribution in [0.2, 0.25) is 0 Å². The summed E-state index contributed by atoms with van der Waals surface area (Å²) in [5.41, 5.74) is 0. The number of hydrogen-bond donors (Lipinski definition) is 3. The van der Waals surface area contributed by atoms with Crippen LogP contribution in [-0.2, 0) is 13.4 Å². The SMILES string of the molecule is Cl.O=[PH](O)OP(=O)(O)O.[H+].[NaH].[NaH].[NaH].[NaH]. The fourth-order valence-electron chi connectivity index (χ4n) is 0.102. The van der Waals surface area contributed by atoms with Crippen molar-refractivity contribution in [2.45, 2.75) is 0 Å². The van der Waals surface area contributed by atoms with E-state index in [1.54, 1.807) is 0 Å². The molecule has 1 unspecified atom stereocenters. The Balaban J connectivity index is -0.0000000163. The molecule has 13 heteroatoms. The molecule has 0 aliphatic rings. The average molecular weight is 295 g/mol. The molecule has 0 spiro atoms. The molecule has 0 rings (SSSR count). The quantitative estimate of drug-likeness (QED) is 0.382. The van der Waals surface area contributed by atoms with E-state index in [-0.39, 0.29) is 132 Å². The van der Waals surface area contributed by atoms with Crippen LogP contribution < -0.4 is 0 Å². The van der Waals surface area contributed by atoms with Gasteiger partial charge in [0.15, 0.2) is 0 Å². The zero-order valence-electron chi connectivity index (χ0n) is 4.92. The Bertz CT molecular complexity index is 151. The van der Waals surface area contributed by atoms with Gasteiger partial charge in [-0.2, -0.15) is 0 Å². The second-order valence-electron chi connectivity index (χ2n) is 0.848. The van der Waals surface area contributed by atoms with E-state index in [9.17, 15) is 9.13 Å². The Labute approximate surface area is 173 Å². The van der Waals surface area contributed by atoms with Crippen LogP contribution >= 0.6 is 28.5 Å². The molecule has 0 bridgehead atoms. The van der Waals surface area contributed by atoms with Crippen molar-refractivity contribution >= 4 is 147 Å². The van der Waals surface area contributed by atoms with Crippen LogP contribution in [0.3, 0.4) is 0 Å². The number of phosphoric acid groups is 1. The van der Waals surface area contributed by atoms with Gasteiger partial charge in [-0.05, 0) is 0 Å². The summed E-state index contributed by atoms with van der Waals surface area (Å²) in [4.78, 5) is 23.2.